The summed E-state index contributed by atoms with van der Waals surface area (Å²) < 4.78 is 19.8. The topological polar surface area (TPSA) is 108 Å². The molecule has 0 radical (unpaired) electrons. The number of amides is 1. The van der Waals surface area contributed by atoms with Gasteiger partial charge in [0.1, 0.15) is 12.6 Å². The molecule has 9 nitrogen and oxygen atoms in total. The Labute approximate surface area is 186 Å². The van der Waals surface area contributed by atoms with Gasteiger partial charge in [-0.15, -0.1) is 0 Å². The van der Waals surface area contributed by atoms with Crippen molar-refractivity contribution in [3.8, 4) is 0 Å². The highest BCUT2D eigenvalue weighted by molar-refractivity contribution is 5.85. The van der Waals surface area contributed by atoms with Gasteiger partial charge < -0.3 is 18.9 Å². The fraction of sp³-hybridized carbons (Fsp3) is 0.391. The van der Waals surface area contributed by atoms with Crippen molar-refractivity contribution in [2.45, 2.75) is 32.0 Å². The van der Waals surface area contributed by atoms with Gasteiger partial charge in [0.2, 0.25) is 0 Å². The molecule has 0 aromatic heterocycles. The molecule has 0 saturated carbocycles. The minimum atomic E-state index is -1.05. The Hall–Kier alpha value is -3.62. The van der Waals surface area contributed by atoms with Gasteiger partial charge in [-0.25, -0.2) is 19.2 Å². The smallest absolute Gasteiger partial charge is 0.411 e. The Morgan fingerprint density at radius 1 is 0.969 bits per heavy atom. The van der Waals surface area contributed by atoms with Crippen molar-refractivity contribution < 1.29 is 38.1 Å². The molecule has 0 N–H and O–H groups in total. The van der Waals surface area contributed by atoms with Crippen LogP contribution in [0.15, 0.2) is 54.6 Å². The lowest BCUT2D eigenvalue weighted by Gasteiger charge is -2.27. The zero-order valence-electron chi connectivity index (χ0n) is 18.3. The second-order valence-electron chi connectivity index (χ2n) is 6.88. The summed E-state index contributed by atoms with van der Waals surface area (Å²) in [5.41, 5.74) is 0.775. The first-order chi connectivity index (χ1) is 15.4. The van der Waals surface area contributed by atoms with E-state index < -0.39 is 42.0 Å². The summed E-state index contributed by atoms with van der Waals surface area (Å²) in [6.45, 7) is 1.76. The largest absolute Gasteiger partial charge is 0.466 e. The van der Waals surface area contributed by atoms with Gasteiger partial charge in [0.05, 0.1) is 26.9 Å². The van der Waals surface area contributed by atoms with E-state index in [1.807, 2.05) is 18.2 Å². The van der Waals surface area contributed by atoms with Gasteiger partial charge in [0, 0.05) is 18.1 Å². The molecule has 1 amide bonds. The molecule has 0 unspecified atom stereocenters. The van der Waals surface area contributed by atoms with Crippen LogP contribution in [0.3, 0.4) is 0 Å². The number of benzene rings is 1. The molecule has 172 valence electrons. The predicted octanol–water partition coefficient (Wildman–Crippen LogP) is 2.40. The van der Waals surface area contributed by atoms with E-state index in [1.165, 1.54) is 43.4 Å². The van der Waals surface area contributed by atoms with Crippen molar-refractivity contribution in [2.75, 3.05) is 20.8 Å². The lowest BCUT2D eigenvalue weighted by atomic mass is 9.98. The normalized spacial score (nSPS) is 20.3. The van der Waals surface area contributed by atoms with Gasteiger partial charge >= 0.3 is 24.0 Å². The average Bonchev–Trinajstić information content (AvgIpc) is 3.18. The van der Waals surface area contributed by atoms with Crippen LogP contribution in [-0.4, -0.2) is 61.8 Å². The first kappa shape index (κ1) is 24.6. The summed E-state index contributed by atoms with van der Waals surface area (Å²) in [6, 6.07) is 7.36. The van der Waals surface area contributed by atoms with Gasteiger partial charge in [-0.3, -0.25) is 4.90 Å². The van der Waals surface area contributed by atoms with Gasteiger partial charge in [0.15, 0.2) is 0 Å². The van der Waals surface area contributed by atoms with Crippen LogP contribution < -0.4 is 0 Å². The Morgan fingerprint density at radius 3 is 2.19 bits per heavy atom. The number of hydrogen-bond donors (Lipinski definition) is 0. The molecule has 1 saturated heterocycles. The number of esters is 3. The average molecular weight is 445 g/mol. The van der Waals surface area contributed by atoms with E-state index in [-0.39, 0.29) is 19.6 Å². The van der Waals surface area contributed by atoms with Gasteiger partial charge in [-0.05, 0) is 18.9 Å². The summed E-state index contributed by atoms with van der Waals surface area (Å²) in [6.07, 6.45) is 4.84. The number of nitrogens with zero attached hydrogens (tertiary/aromatic N) is 1. The zero-order valence-corrected chi connectivity index (χ0v) is 18.3. The van der Waals surface area contributed by atoms with Crippen LogP contribution in [0.25, 0.3) is 0 Å². The standard InChI is InChI=1S/C23H27NO8/c1-4-31-22(27)21-17(10-12-19(25)29-2)14-18(11-13-20(26)30-3)24(21)23(28)32-15-16-8-6-5-7-9-16/h5-13,17-18,21H,4,14-15H2,1-3H3/b12-10+,13-11+/t17-,18+,21-/m0/s1. The van der Waals surface area contributed by atoms with Crippen LogP contribution >= 0.6 is 0 Å². The number of rotatable bonds is 8. The SMILES string of the molecule is CCOC(=O)[C@@H]1[C@@H](/C=C/C(=O)OC)C[C@@H](/C=C/C(=O)OC)N1C(=O)OCc1ccccc1. The number of hydrogen-bond acceptors (Lipinski definition) is 8. The van der Waals surface area contributed by atoms with Crippen LogP contribution in [0.4, 0.5) is 4.79 Å². The first-order valence-corrected chi connectivity index (χ1v) is 10.1. The maximum absolute atomic E-state index is 13.0. The third-order valence-electron chi connectivity index (χ3n) is 4.86. The minimum Gasteiger partial charge on any atom is -0.466 e. The molecular weight excluding hydrogens is 418 g/mol. The molecule has 1 heterocycles. The fourth-order valence-electron chi connectivity index (χ4n) is 3.38. The Balaban J connectivity index is 2.34. The summed E-state index contributed by atoms with van der Waals surface area (Å²) in [5.74, 6) is -2.41. The van der Waals surface area contributed by atoms with Crippen LogP contribution in [0.1, 0.15) is 18.9 Å². The minimum absolute atomic E-state index is 0.00181. The molecule has 1 aromatic carbocycles. The van der Waals surface area contributed by atoms with Crippen molar-refractivity contribution in [3.63, 3.8) is 0 Å². The number of methoxy groups -OCH3 is 2. The molecule has 1 fully saturated rings. The molecule has 2 rings (SSSR count). The van der Waals surface area contributed by atoms with E-state index in [2.05, 4.69) is 9.47 Å². The van der Waals surface area contributed by atoms with Crippen LogP contribution in [0.5, 0.6) is 0 Å². The molecule has 9 heteroatoms. The summed E-state index contributed by atoms with van der Waals surface area (Å²) in [5, 5.41) is 0. The van der Waals surface area contributed by atoms with Crippen LogP contribution in [0, 0.1) is 5.92 Å². The summed E-state index contributed by atoms with van der Waals surface area (Å²) in [4.78, 5) is 50.2. The van der Waals surface area contributed by atoms with Crippen molar-refractivity contribution in [2.24, 2.45) is 5.92 Å². The molecule has 0 spiro atoms. The van der Waals surface area contributed by atoms with Crippen LogP contribution in [0.2, 0.25) is 0 Å². The van der Waals surface area contributed by atoms with Crippen molar-refractivity contribution in [3.05, 3.63) is 60.2 Å². The van der Waals surface area contributed by atoms with Crippen molar-refractivity contribution in [1.82, 2.24) is 4.90 Å². The number of ether oxygens (including phenoxy) is 4. The highest BCUT2D eigenvalue weighted by atomic mass is 16.6. The molecular formula is C23H27NO8. The van der Waals surface area contributed by atoms with E-state index in [4.69, 9.17) is 9.47 Å². The summed E-state index contributed by atoms with van der Waals surface area (Å²) in [7, 11) is 2.47. The maximum Gasteiger partial charge on any atom is 0.411 e. The summed E-state index contributed by atoms with van der Waals surface area (Å²) >= 11 is 0. The van der Waals surface area contributed by atoms with E-state index in [9.17, 15) is 19.2 Å². The van der Waals surface area contributed by atoms with Gasteiger partial charge in [-0.2, -0.15) is 0 Å². The van der Waals surface area contributed by atoms with E-state index in [1.54, 1.807) is 19.1 Å². The number of likely N-dealkylation sites (tertiary alicyclic amines) is 1. The third kappa shape index (κ3) is 6.69. The Morgan fingerprint density at radius 2 is 1.59 bits per heavy atom. The zero-order chi connectivity index (χ0) is 23.5. The predicted molar refractivity (Wildman–Crippen MR) is 113 cm³/mol. The van der Waals surface area contributed by atoms with Crippen molar-refractivity contribution >= 4 is 24.0 Å². The molecule has 1 aliphatic heterocycles. The Kier molecular flexibility index (Phi) is 9.46. The fourth-order valence-corrected chi connectivity index (χ4v) is 3.38. The monoisotopic (exact) mass is 445 g/mol. The lowest BCUT2D eigenvalue weighted by Crippen LogP contribution is -2.47. The van der Waals surface area contributed by atoms with Crippen LogP contribution in [-0.2, 0) is 39.9 Å². The van der Waals surface area contributed by atoms with E-state index in [0.29, 0.717) is 0 Å². The van der Waals surface area contributed by atoms with Crippen molar-refractivity contribution in [1.29, 1.82) is 0 Å². The Bertz CT molecular complexity index is 864. The second kappa shape index (κ2) is 12.3. The number of carbonyl (C=O) groups excluding carboxylic acids is 4. The highest BCUT2D eigenvalue weighted by Crippen LogP contribution is 2.34. The van der Waals surface area contributed by atoms with Gasteiger partial charge in [-0.1, -0.05) is 42.5 Å². The molecule has 0 aliphatic carbocycles. The third-order valence-corrected chi connectivity index (χ3v) is 4.86. The molecule has 1 aromatic rings. The van der Waals surface area contributed by atoms with E-state index >= 15 is 0 Å². The molecule has 32 heavy (non-hydrogen) atoms. The maximum atomic E-state index is 13.0. The molecule has 1 aliphatic rings. The van der Waals surface area contributed by atoms with E-state index in [0.717, 1.165) is 5.56 Å². The highest BCUT2D eigenvalue weighted by Gasteiger charge is 2.47. The second-order valence-corrected chi connectivity index (χ2v) is 6.88. The molecule has 3 atom stereocenters. The lowest BCUT2D eigenvalue weighted by molar-refractivity contribution is -0.149. The number of carbonyl (C=O) groups is 4. The first-order valence-electron chi connectivity index (χ1n) is 10.1. The van der Waals surface area contributed by atoms with Gasteiger partial charge in [0.25, 0.3) is 0 Å². The molecule has 0 bridgehead atoms. The quantitative estimate of drug-likeness (QED) is 0.341.